The van der Waals surface area contributed by atoms with Crippen molar-refractivity contribution in [3.63, 3.8) is 0 Å². The summed E-state index contributed by atoms with van der Waals surface area (Å²) in [4.78, 5) is 0. The molecule has 1 aromatic carbocycles. The van der Waals surface area contributed by atoms with Gasteiger partial charge in [0, 0.05) is 25.2 Å². The third kappa shape index (κ3) is 2.05. The maximum absolute atomic E-state index is 13.5. The van der Waals surface area contributed by atoms with Gasteiger partial charge in [-0.25, -0.2) is 4.39 Å². The van der Waals surface area contributed by atoms with Crippen molar-refractivity contribution in [2.24, 2.45) is 5.92 Å². The predicted molar refractivity (Wildman–Crippen MR) is 63.7 cm³/mol. The van der Waals surface area contributed by atoms with Crippen LogP contribution in [0.4, 0.5) is 15.8 Å². The van der Waals surface area contributed by atoms with Gasteiger partial charge in [-0.05, 0) is 12.3 Å². The lowest BCUT2D eigenvalue weighted by atomic mass is 10.1. The third-order valence-corrected chi connectivity index (χ3v) is 3.03. The standard InChI is InChI=1S/C12H17FN2O/c1-3-8-6-14-10-4-9(13)12(16-2)5-11(10)15-7-8/h4-5,8,14-15H,3,6-7H2,1-2H3. The molecule has 0 amide bonds. The summed E-state index contributed by atoms with van der Waals surface area (Å²) in [5.74, 6) is 0.523. The van der Waals surface area contributed by atoms with Crippen LogP contribution in [0.25, 0.3) is 0 Å². The highest BCUT2D eigenvalue weighted by atomic mass is 19.1. The van der Waals surface area contributed by atoms with Gasteiger partial charge in [0.15, 0.2) is 11.6 Å². The molecule has 1 aliphatic heterocycles. The summed E-state index contributed by atoms with van der Waals surface area (Å²) < 4.78 is 18.5. The van der Waals surface area contributed by atoms with Crippen LogP contribution in [-0.4, -0.2) is 20.2 Å². The van der Waals surface area contributed by atoms with E-state index < -0.39 is 0 Å². The number of benzene rings is 1. The molecule has 2 N–H and O–H groups in total. The van der Waals surface area contributed by atoms with E-state index in [1.807, 2.05) is 0 Å². The molecular formula is C12H17FN2O. The number of anilines is 2. The Hall–Kier alpha value is -1.45. The summed E-state index contributed by atoms with van der Waals surface area (Å²) in [7, 11) is 1.48. The van der Waals surface area contributed by atoms with Gasteiger partial charge in [0.05, 0.1) is 18.5 Å². The minimum atomic E-state index is -0.328. The Kier molecular flexibility index (Phi) is 3.17. The predicted octanol–water partition coefficient (Wildman–Crippen LogP) is 2.70. The summed E-state index contributed by atoms with van der Waals surface area (Å²) in [6.45, 7) is 3.94. The van der Waals surface area contributed by atoms with E-state index in [0.717, 1.165) is 30.9 Å². The van der Waals surface area contributed by atoms with Gasteiger partial charge in [0.2, 0.25) is 0 Å². The Bertz CT molecular complexity index is 382. The monoisotopic (exact) mass is 224 g/mol. The van der Waals surface area contributed by atoms with Crippen molar-refractivity contribution in [2.45, 2.75) is 13.3 Å². The van der Waals surface area contributed by atoms with Crippen LogP contribution in [0.5, 0.6) is 5.75 Å². The maximum atomic E-state index is 13.5. The summed E-state index contributed by atoms with van der Waals surface area (Å²) in [5.41, 5.74) is 1.73. The lowest BCUT2D eigenvalue weighted by molar-refractivity contribution is 0.387. The molecule has 4 heteroatoms. The average Bonchev–Trinajstić information content (AvgIpc) is 2.49. The highest BCUT2D eigenvalue weighted by Crippen LogP contribution is 2.32. The maximum Gasteiger partial charge on any atom is 0.167 e. The smallest absolute Gasteiger partial charge is 0.167 e. The zero-order valence-corrected chi connectivity index (χ0v) is 9.64. The Balaban J connectivity index is 2.28. The van der Waals surface area contributed by atoms with Crippen LogP contribution in [0.2, 0.25) is 0 Å². The molecule has 2 rings (SSSR count). The number of hydrogen-bond acceptors (Lipinski definition) is 3. The first-order valence-electron chi connectivity index (χ1n) is 5.60. The van der Waals surface area contributed by atoms with Crippen LogP contribution in [0, 0.1) is 11.7 Å². The Morgan fingerprint density at radius 3 is 2.50 bits per heavy atom. The van der Waals surface area contributed by atoms with Gasteiger partial charge in [0.1, 0.15) is 0 Å². The molecule has 1 heterocycles. The van der Waals surface area contributed by atoms with Crippen LogP contribution in [-0.2, 0) is 0 Å². The molecule has 0 radical (unpaired) electrons. The van der Waals surface area contributed by atoms with Gasteiger partial charge >= 0.3 is 0 Å². The van der Waals surface area contributed by atoms with Crippen molar-refractivity contribution in [1.82, 2.24) is 0 Å². The molecule has 0 saturated heterocycles. The normalized spacial score (nSPS) is 19.1. The zero-order valence-electron chi connectivity index (χ0n) is 9.64. The molecule has 1 aliphatic rings. The molecule has 3 nitrogen and oxygen atoms in total. The van der Waals surface area contributed by atoms with Crippen molar-refractivity contribution in [3.8, 4) is 5.75 Å². The lowest BCUT2D eigenvalue weighted by Gasteiger charge is -2.11. The fraction of sp³-hybridized carbons (Fsp3) is 0.500. The van der Waals surface area contributed by atoms with Gasteiger partial charge in [-0.3, -0.25) is 0 Å². The summed E-state index contributed by atoms with van der Waals surface area (Å²) in [6, 6.07) is 3.19. The number of fused-ring (bicyclic) bond motifs is 1. The Morgan fingerprint density at radius 1 is 1.31 bits per heavy atom. The van der Waals surface area contributed by atoms with Crippen molar-refractivity contribution >= 4 is 11.4 Å². The quantitative estimate of drug-likeness (QED) is 0.810. The fourth-order valence-electron chi connectivity index (χ4n) is 1.87. The van der Waals surface area contributed by atoms with E-state index in [4.69, 9.17) is 4.74 Å². The highest BCUT2D eigenvalue weighted by Gasteiger charge is 2.16. The van der Waals surface area contributed by atoms with E-state index >= 15 is 0 Å². The number of nitrogens with one attached hydrogen (secondary N) is 2. The molecule has 0 bridgehead atoms. The first-order chi connectivity index (χ1) is 7.74. The topological polar surface area (TPSA) is 33.3 Å². The van der Waals surface area contributed by atoms with Crippen molar-refractivity contribution in [2.75, 3.05) is 30.8 Å². The van der Waals surface area contributed by atoms with Gasteiger partial charge in [0.25, 0.3) is 0 Å². The van der Waals surface area contributed by atoms with Crippen LogP contribution in [0.1, 0.15) is 13.3 Å². The second-order valence-corrected chi connectivity index (χ2v) is 4.07. The minimum Gasteiger partial charge on any atom is -0.494 e. The Labute approximate surface area is 95.0 Å². The van der Waals surface area contributed by atoms with Crippen LogP contribution in [0.15, 0.2) is 12.1 Å². The molecule has 88 valence electrons. The Morgan fingerprint density at radius 2 is 1.94 bits per heavy atom. The number of ether oxygens (including phenoxy) is 1. The third-order valence-electron chi connectivity index (χ3n) is 3.03. The molecule has 0 spiro atoms. The SMILES string of the molecule is CCC1CNc2cc(F)c(OC)cc2NC1. The van der Waals surface area contributed by atoms with E-state index in [0.29, 0.717) is 5.92 Å². The van der Waals surface area contributed by atoms with Crippen LogP contribution < -0.4 is 15.4 Å². The number of halogens is 1. The largest absolute Gasteiger partial charge is 0.494 e. The second-order valence-electron chi connectivity index (χ2n) is 4.07. The molecule has 1 atom stereocenters. The molecular weight excluding hydrogens is 207 g/mol. The second kappa shape index (κ2) is 4.60. The van der Waals surface area contributed by atoms with Crippen LogP contribution >= 0.6 is 0 Å². The molecule has 0 fully saturated rings. The first kappa shape index (κ1) is 11.0. The number of rotatable bonds is 2. The highest BCUT2D eigenvalue weighted by molar-refractivity contribution is 5.71. The van der Waals surface area contributed by atoms with E-state index in [2.05, 4.69) is 17.6 Å². The van der Waals surface area contributed by atoms with Gasteiger partial charge < -0.3 is 15.4 Å². The van der Waals surface area contributed by atoms with E-state index in [1.165, 1.54) is 13.2 Å². The molecule has 0 saturated carbocycles. The molecule has 0 aromatic heterocycles. The molecule has 16 heavy (non-hydrogen) atoms. The summed E-state index contributed by atoms with van der Waals surface area (Å²) in [5, 5.41) is 6.58. The van der Waals surface area contributed by atoms with Crippen molar-refractivity contribution in [1.29, 1.82) is 0 Å². The van der Waals surface area contributed by atoms with Crippen molar-refractivity contribution < 1.29 is 9.13 Å². The number of methoxy groups -OCH3 is 1. The summed E-state index contributed by atoms with van der Waals surface area (Å²) >= 11 is 0. The molecule has 1 aromatic rings. The lowest BCUT2D eigenvalue weighted by Crippen LogP contribution is -2.17. The number of hydrogen-bond donors (Lipinski definition) is 2. The average molecular weight is 224 g/mol. The van der Waals surface area contributed by atoms with E-state index in [1.54, 1.807) is 6.07 Å². The zero-order chi connectivity index (χ0) is 11.5. The van der Waals surface area contributed by atoms with E-state index in [-0.39, 0.29) is 11.6 Å². The van der Waals surface area contributed by atoms with Crippen LogP contribution in [0.3, 0.4) is 0 Å². The molecule has 0 aliphatic carbocycles. The fourth-order valence-corrected chi connectivity index (χ4v) is 1.87. The minimum absolute atomic E-state index is 0.281. The summed E-state index contributed by atoms with van der Waals surface area (Å²) in [6.07, 6.45) is 1.10. The molecule has 1 unspecified atom stereocenters. The van der Waals surface area contributed by atoms with Gasteiger partial charge in [-0.15, -0.1) is 0 Å². The van der Waals surface area contributed by atoms with Gasteiger partial charge in [-0.2, -0.15) is 0 Å². The van der Waals surface area contributed by atoms with Crippen molar-refractivity contribution in [3.05, 3.63) is 17.9 Å². The first-order valence-corrected chi connectivity index (χ1v) is 5.60. The van der Waals surface area contributed by atoms with Gasteiger partial charge in [-0.1, -0.05) is 6.92 Å². The van der Waals surface area contributed by atoms with E-state index in [9.17, 15) is 4.39 Å².